The Hall–Kier alpha value is -0.980. The van der Waals surface area contributed by atoms with Gasteiger partial charge in [-0.2, -0.15) is 0 Å². The highest BCUT2D eigenvalue weighted by molar-refractivity contribution is 5.46. The quantitative estimate of drug-likeness (QED) is 0.796. The molecule has 1 aromatic rings. The highest BCUT2D eigenvalue weighted by Gasteiger charge is 2.20. The zero-order valence-electron chi connectivity index (χ0n) is 11.2. The first kappa shape index (κ1) is 12.5. The normalized spacial score (nSPS) is 24.6. The van der Waals surface area contributed by atoms with E-state index < -0.39 is 0 Å². The van der Waals surface area contributed by atoms with E-state index in [1.807, 2.05) is 0 Å². The van der Waals surface area contributed by atoms with Gasteiger partial charge in [-0.15, -0.1) is 0 Å². The molecule has 1 saturated carbocycles. The van der Waals surface area contributed by atoms with Gasteiger partial charge in [-0.05, 0) is 42.9 Å². The minimum atomic E-state index is 0.695. The molecule has 0 radical (unpaired) electrons. The average Bonchev–Trinajstić information content (AvgIpc) is 2.39. The first-order valence-corrected chi connectivity index (χ1v) is 7.17. The molecule has 1 N–H and O–H groups in total. The van der Waals surface area contributed by atoms with Gasteiger partial charge in [-0.1, -0.05) is 45.2 Å². The van der Waals surface area contributed by atoms with Crippen LogP contribution >= 0.6 is 0 Å². The minimum absolute atomic E-state index is 0.695. The first-order valence-electron chi connectivity index (χ1n) is 7.17. The lowest BCUT2D eigenvalue weighted by atomic mass is 9.84. The molecular weight excluding hydrogens is 206 g/mol. The van der Waals surface area contributed by atoms with Crippen molar-refractivity contribution in [3.63, 3.8) is 0 Å². The Balaban J connectivity index is 1.95. The van der Waals surface area contributed by atoms with Crippen LogP contribution in [0.3, 0.4) is 0 Å². The van der Waals surface area contributed by atoms with Gasteiger partial charge < -0.3 is 5.32 Å². The van der Waals surface area contributed by atoms with Crippen molar-refractivity contribution in [2.75, 3.05) is 5.32 Å². The average molecular weight is 231 g/mol. The van der Waals surface area contributed by atoms with Crippen LogP contribution in [0.1, 0.15) is 51.5 Å². The lowest BCUT2D eigenvalue weighted by molar-refractivity contribution is 0.327. The molecule has 0 saturated heterocycles. The summed E-state index contributed by atoms with van der Waals surface area (Å²) < 4.78 is 0. The Labute approximate surface area is 106 Å². The van der Waals surface area contributed by atoms with Crippen molar-refractivity contribution in [3.8, 4) is 0 Å². The summed E-state index contributed by atoms with van der Waals surface area (Å²) in [5, 5.41) is 3.72. The molecule has 1 aromatic carbocycles. The summed E-state index contributed by atoms with van der Waals surface area (Å²) in [6.45, 7) is 4.54. The number of rotatable bonds is 4. The zero-order valence-corrected chi connectivity index (χ0v) is 11.2. The molecule has 2 unspecified atom stereocenters. The van der Waals surface area contributed by atoms with Crippen LogP contribution in [0.2, 0.25) is 0 Å². The third-order valence-electron chi connectivity index (χ3n) is 4.07. The number of hydrogen-bond acceptors (Lipinski definition) is 1. The van der Waals surface area contributed by atoms with Gasteiger partial charge in [-0.25, -0.2) is 0 Å². The molecule has 1 heteroatoms. The van der Waals surface area contributed by atoms with Gasteiger partial charge in [0.05, 0.1) is 0 Å². The van der Waals surface area contributed by atoms with Crippen molar-refractivity contribution in [2.24, 2.45) is 5.92 Å². The second-order valence-corrected chi connectivity index (χ2v) is 5.34. The predicted molar refractivity (Wildman–Crippen MR) is 75.5 cm³/mol. The van der Waals surface area contributed by atoms with Gasteiger partial charge in [-0.3, -0.25) is 0 Å². The second-order valence-electron chi connectivity index (χ2n) is 5.34. The number of aryl methyl sites for hydroxylation is 1. The lowest BCUT2D eigenvalue weighted by Crippen LogP contribution is -2.27. The molecule has 0 amide bonds. The molecular formula is C16H25N. The second kappa shape index (κ2) is 6.09. The molecule has 1 aliphatic rings. The van der Waals surface area contributed by atoms with Crippen LogP contribution < -0.4 is 5.32 Å². The van der Waals surface area contributed by atoms with Crippen LogP contribution in [0.15, 0.2) is 24.3 Å². The summed E-state index contributed by atoms with van der Waals surface area (Å²) in [4.78, 5) is 0. The zero-order chi connectivity index (χ0) is 12.1. The highest BCUT2D eigenvalue weighted by atomic mass is 14.9. The van der Waals surface area contributed by atoms with Crippen molar-refractivity contribution >= 4 is 5.69 Å². The predicted octanol–water partition coefficient (Wildman–Crippen LogP) is 4.63. The van der Waals surface area contributed by atoms with E-state index in [0.717, 1.165) is 12.3 Å². The van der Waals surface area contributed by atoms with Crippen LogP contribution in [0.5, 0.6) is 0 Å². The molecule has 0 bridgehead atoms. The van der Waals surface area contributed by atoms with Gasteiger partial charge in [0.25, 0.3) is 0 Å². The summed E-state index contributed by atoms with van der Waals surface area (Å²) in [5.41, 5.74) is 2.74. The Morgan fingerprint density at radius 3 is 2.88 bits per heavy atom. The molecule has 0 aliphatic heterocycles. The van der Waals surface area contributed by atoms with E-state index in [4.69, 9.17) is 0 Å². The number of benzene rings is 1. The summed E-state index contributed by atoms with van der Waals surface area (Å²) in [6.07, 6.45) is 7.98. The van der Waals surface area contributed by atoms with Gasteiger partial charge in [0.1, 0.15) is 0 Å². The third kappa shape index (κ3) is 3.49. The fraction of sp³-hybridized carbons (Fsp3) is 0.625. The van der Waals surface area contributed by atoms with Crippen LogP contribution in [0, 0.1) is 5.92 Å². The topological polar surface area (TPSA) is 12.0 Å². The first-order chi connectivity index (χ1) is 8.31. The standard InChI is InChI=1S/C16H25N/c1-3-13-7-5-9-15(11-13)17-16-10-6-8-14(4-2)12-16/h5,7,9,11,14,16-17H,3-4,6,8,10,12H2,1-2H3. The molecule has 17 heavy (non-hydrogen) atoms. The molecule has 2 rings (SSSR count). The monoisotopic (exact) mass is 231 g/mol. The molecule has 1 aliphatic carbocycles. The van der Waals surface area contributed by atoms with Crippen molar-refractivity contribution in [2.45, 2.75) is 58.4 Å². The molecule has 0 spiro atoms. The number of hydrogen-bond donors (Lipinski definition) is 1. The third-order valence-corrected chi connectivity index (χ3v) is 4.07. The van der Waals surface area contributed by atoms with Gasteiger partial charge >= 0.3 is 0 Å². The molecule has 0 heterocycles. The molecule has 1 fully saturated rings. The van der Waals surface area contributed by atoms with Crippen LogP contribution in [-0.2, 0) is 6.42 Å². The van der Waals surface area contributed by atoms with Crippen LogP contribution in [0.25, 0.3) is 0 Å². The maximum atomic E-state index is 3.72. The minimum Gasteiger partial charge on any atom is -0.382 e. The van der Waals surface area contributed by atoms with E-state index in [1.165, 1.54) is 43.4 Å². The van der Waals surface area contributed by atoms with E-state index in [2.05, 4.69) is 43.4 Å². The van der Waals surface area contributed by atoms with Crippen molar-refractivity contribution in [1.82, 2.24) is 0 Å². The van der Waals surface area contributed by atoms with E-state index in [9.17, 15) is 0 Å². The van der Waals surface area contributed by atoms with Crippen molar-refractivity contribution in [1.29, 1.82) is 0 Å². The Bertz CT molecular complexity index is 345. The van der Waals surface area contributed by atoms with Crippen molar-refractivity contribution < 1.29 is 0 Å². The van der Waals surface area contributed by atoms with Crippen LogP contribution in [-0.4, -0.2) is 6.04 Å². The SMILES string of the molecule is CCc1cccc(NC2CCCC(CC)C2)c1. The molecule has 2 atom stereocenters. The maximum absolute atomic E-state index is 3.72. The van der Waals surface area contributed by atoms with E-state index >= 15 is 0 Å². The van der Waals surface area contributed by atoms with E-state index in [0.29, 0.717) is 6.04 Å². The number of anilines is 1. The fourth-order valence-electron chi connectivity index (χ4n) is 2.91. The Kier molecular flexibility index (Phi) is 4.47. The maximum Gasteiger partial charge on any atom is 0.0345 e. The van der Waals surface area contributed by atoms with Gasteiger partial charge in [0.2, 0.25) is 0 Å². The van der Waals surface area contributed by atoms with Crippen molar-refractivity contribution in [3.05, 3.63) is 29.8 Å². The summed E-state index contributed by atoms with van der Waals surface area (Å²) >= 11 is 0. The highest BCUT2D eigenvalue weighted by Crippen LogP contribution is 2.28. The Morgan fingerprint density at radius 1 is 1.24 bits per heavy atom. The Morgan fingerprint density at radius 2 is 2.12 bits per heavy atom. The summed E-state index contributed by atoms with van der Waals surface area (Å²) in [5.74, 6) is 0.940. The van der Waals surface area contributed by atoms with E-state index in [1.54, 1.807) is 0 Å². The van der Waals surface area contributed by atoms with Gasteiger partial charge in [0, 0.05) is 11.7 Å². The number of nitrogens with one attached hydrogen (secondary N) is 1. The lowest BCUT2D eigenvalue weighted by Gasteiger charge is -2.30. The largest absolute Gasteiger partial charge is 0.382 e. The molecule has 94 valence electrons. The summed E-state index contributed by atoms with van der Waals surface area (Å²) in [6, 6.07) is 9.58. The fourth-order valence-corrected chi connectivity index (χ4v) is 2.91. The van der Waals surface area contributed by atoms with Crippen LogP contribution in [0.4, 0.5) is 5.69 Å². The van der Waals surface area contributed by atoms with E-state index in [-0.39, 0.29) is 0 Å². The van der Waals surface area contributed by atoms with Gasteiger partial charge in [0.15, 0.2) is 0 Å². The smallest absolute Gasteiger partial charge is 0.0345 e. The summed E-state index contributed by atoms with van der Waals surface area (Å²) in [7, 11) is 0. The molecule has 1 nitrogen and oxygen atoms in total. The molecule has 0 aromatic heterocycles.